The summed E-state index contributed by atoms with van der Waals surface area (Å²) in [5, 5.41) is 6.27. The Morgan fingerprint density at radius 2 is 2.11 bits per heavy atom. The third-order valence-corrected chi connectivity index (χ3v) is 8.23. The van der Waals surface area contributed by atoms with Crippen LogP contribution in [0, 0.1) is 5.82 Å². The van der Waals surface area contributed by atoms with Crippen LogP contribution in [0.4, 0.5) is 10.2 Å². The SMILES string of the molecule is COc1ccc2ncc3c(c2c1F)CC(N1CCC(NC(=O)c2ccc4c(n2)NC(=O)CS4)CC1)CO3. The van der Waals surface area contributed by atoms with Gasteiger partial charge in [0.2, 0.25) is 5.91 Å². The molecule has 2 amide bonds. The number of piperidine rings is 1. The molecule has 1 unspecified atom stereocenters. The topological polar surface area (TPSA) is 106 Å². The Hall–Kier alpha value is -3.44. The molecule has 2 N–H and O–H groups in total. The molecule has 1 saturated heterocycles. The van der Waals surface area contributed by atoms with Crippen LogP contribution in [0.1, 0.15) is 28.9 Å². The molecule has 5 heterocycles. The van der Waals surface area contributed by atoms with E-state index in [1.165, 1.54) is 18.9 Å². The highest BCUT2D eigenvalue weighted by Gasteiger charge is 2.32. The van der Waals surface area contributed by atoms with Gasteiger partial charge in [0.1, 0.15) is 23.9 Å². The van der Waals surface area contributed by atoms with E-state index in [-0.39, 0.29) is 29.6 Å². The lowest BCUT2D eigenvalue weighted by atomic mass is 9.95. The van der Waals surface area contributed by atoms with Crippen molar-refractivity contribution in [3.05, 3.63) is 47.5 Å². The number of aromatic nitrogens is 2. The molecule has 11 heteroatoms. The molecule has 3 aliphatic rings. The maximum Gasteiger partial charge on any atom is 0.270 e. The number of thioether (sulfide) groups is 1. The van der Waals surface area contributed by atoms with Gasteiger partial charge in [0.25, 0.3) is 5.91 Å². The van der Waals surface area contributed by atoms with E-state index < -0.39 is 5.82 Å². The highest BCUT2D eigenvalue weighted by molar-refractivity contribution is 8.00. The number of halogens is 1. The molecule has 0 bridgehead atoms. The van der Waals surface area contributed by atoms with Crippen LogP contribution in [0.2, 0.25) is 0 Å². The molecule has 3 aromatic rings. The second kappa shape index (κ2) is 9.79. The summed E-state index contributed by atoms with van der Waals surface area (Å²) in [5.41, 5.74) is 1.69. The summed E-state index contributed by atoms with van der Waals surface area (Å²) in [6.07, 6.45) is 3.89. The number of likely N-dealkylation sites (tertiary alicyclic amines) is 1. The monoisotopic (exact) mass is 523 g/mol. The van der Waals surface area contributed by atoms with Crippen LogP contribution in [0.5, 0.6) is 11.5 Å². The number of hydrogen-bond acceptors (Lipinski definition) is 8. The Labute approximate surface area is 217 Å². The number of fused-ring (bicyclic) bond motifs is 4. The molecule has 0 spiro atoms. The lowest BCUT2D eigenvalue weighted by molar-refractivity contribution is -0.113. The number of benzene rings is 1. The zero-order chi connectivity index (χ0) is 25.5. The average molecular weight is 524 g/mol. The third-order valence-electron chi connectivity index (χ3n) is 7.18. The Balaban J connectivity index is 1.10. The van der Waals surface area contributed by atoms with Crippen molar-refractivity contribution < 1.29 is 23.5 Å². The highest BCUT2D eigenvalue weighted by atomic mass is 32.2. The first-order chi connectivity index (χ1) is 18.0. The molecule has 0 aliphatic carbocycles. The van der Waals surface area contributed by atoms with Crippen molar-refractivity contribution in [2.75, 3.05) is 37.9 Å². The van der Waals surface area contributed by atoms with Crippen molar-refractivity contribution >= 4 is 40.3 Å². The van der Waals surface area contributed by atoms with E-state index in [4.69, 9.17) is 9.47 Å². The van der Waals surface area contributed by atoms with Gasteiger partial charge < -0.3 is 20.1 Å². The van der Waals surface area contributed by atoms with Gasteiger partial charge in [0.15, 0.2) is 11.6 Å². The smallest absolute Gasteiger partial charge is 0.270 e. The minimum Gasteiger partial charge on any atom is -0.494 e. The molecule has 1 atom stereocenters. The van der Waals surface area contributed by atoms with Crippen LogP contribution in [-0.2, 0) is 11.2 Å². The fourth-order valence-electron chi connectivity index (χ4n) is 5.23. The highest BCUT2D eigenvalue weighted by Crippen LogP contribution is 2.36. The van der Waals surface area contributed by atoms with E-state index in [2.05, 4.69) is 25.5 Å². The number of amides is 2. The predicted molar refractivity (Wildman–Crippen MR) is 137 cm³/mol. The summed E-state index contributed by atoms with van der Waals surface area (Å²) < 4.78 is 26.3. The number of anilines is 1. The van der Waals surface area contributed by atoms with Gasteiger partial charge in [-0.2, -0.15) is 0 Å². The fraction of sp³-hybridized carbons (Fsp3) is 0.385. The fourth-order valence-corrected chi connectivity index (χ4v) is 5.99. The van der Waals surface area contributed by atoms with Crippen LogP contribution in [0.25, 0.3) is 10.9 Å². The van der Waals surface area contributed by atoms with Crippen LogP contribution >= 0.6 is 11.8 Å². The molecular weight excluding hydrogens is 497 g/mol. The first-order valence-electron chi connectivity index (χ1n) is 12.3. The quantitative estimate of drug-likeness (QED) is 0.538. The summed E-state index contributed by atoms with van der Waals surface area (Å²) in [7, 11) is 1.45. The summed E-state index contributed by atoms with van der Waals surface area (Å²) in [4.78, 5) is 36.4. The van der Waals surface area contributed by atoms with Crippen LogP contribution in [0.3, 0.4) is 0 Å². The number of ether oxygens (including phenoxy) is 2. The molecule has 1 aromatic carbocycles. The normalized spacial score (nSPS) is 19.9. The van der Waals surface area contributed by atoms with Crippen LogP contribution < -0.4 is 20.1 Å². The summed E-state index contributed by atoms with van der Waals surface area (Å²) in [5.74, 6) is 0.829. The Morgan fingerprint density at radius 1 is 1.27 bits per heavy atom. The average Bonchev–Trinajstić information content (AvgIpc) is 2.92. The van der Waals surface area contributed by atoms with Gasteiger partial charge in [-0.3, -0.25) is 19.5 Å². The van der Waals surface area contributed by atoms with Gasteiger partial charge in [-0.05, 0) is 43.5 Å². The lowest BCUT2D eigenvalue weighted by Crippen LogP contribution is -2.51. The Morgan fingerprint density at radius 3 is 2.92 bits per heavy atom. The van der Waals surface area contributed by atoms with E-state index in [1.54, 1.807) is 24.4 Å². The first kappa shape index (κ1) is 23.9. The molecule has 37 heavy (non-hydrogen) atoms. The molecule has 192 valence electrons. The van der Waals surface area contributed by atoms with Crippen molar-refractivity contribution in [3.8, 4) is 11.5 Å². The molecule has 6 rings (SSSR count). The van der Waals surface area contributed by atoms with Gasteiger partial charge in [-0.1, -0.05) is 0 Å². The second-order valence-electron chi connectivity index (χ2n) is 9.41. The number of nitrogens with zero attached hydrogens (tertiary/aromatic N) is 3. The Kier molecular flexibility index (Phi) is 6.33. The maximum atomic E-state index is 15.2. The number of methoxy groups -OCH3 is 1. The number of carbonyl (C=O) groups is 2. The van der Waals surface area contributed by atoms with Gasteiger partial charge in [0, 0.05) is 36.1 Å². The minimum atomic E-state index is -0.413. The summed E-state index contributed by atoms with van der Waals surface area (Å²) >= 11 is 1.41. The second-order valence-corrected chi connectivity index (χ2v) is 10.4. The minimum absolute atomic E-state index is 0.0223. The molecule has 9 nitrogen and oxygen atoms in total. The number of carbonyl (C=O) groups excluding carboxylic acids is 2. The molecule has 0 saturated carbocycles. The number of rotatable bonds is 4. The van der Waals surface area contributed by atoms with Crippen LogP contribution in [0.15, 0.2) is 35.4 Å². The Bertz CT molecular complexity index is 1390. The van der Waals surface area contributed by atoms with Crippen molar-refractivity contribution in [1.82, 2.24) is 20.2 Å². The van der Waals surface area contributed by atoms with E-state index in [0.29, 0.717) is 46.9 Å². The molecular formula is C26H26FN5O4S. The van der Waals surface area contributed by atoms with Crippen molar-refractivity contribution in [3.63, 3.8) is 0 Å². The maximum absolute atomic E-state index is 15.2. The van der Waals surface area contributed by atoms with Gasteiger partial charge in [0.05, 0.1) is 29.5 Å². The van der Waals surface area contributed by atoms with E-state index in [1.807, 2.05) is 6.07 Å². The third kappa shape index (κ3) is 4.57. The van der Waals surface area contributed by atoms with Crippen molar-refractivity contribution in [1.29, 1.82) is 0 Å². The molecule has 2 aromatic heterocycles. The summed E-state index contributed by atoms with van der Waals surface area (Å²) in [6.45, 7) is 2.08. The standard InChI is InChI=1S/C26H26FN5O4S/c1-35-19-4-2-17-23(24(19)27)16-10-15(12-36-20(16)11-28-17)32-8-6-14(7-9-32)29-26(34)18-3-5-21-25(30-18)31-22(33)13-37-21/h2-5,11,14-15H,6-10,12-13H2,1H3,(H,29,34)(H,30,31,33). The number of nitrogens with one attached hydrogen (secondary N) is 2. The zero-order valence-corrected chi connectivity index (χ0v) is 21.1. The van der Waals surface area contributed by atoms with Gasteiger partial charge in [-0.15, -0.1) is 11.8 Å². The van der Waals surface area contributed by atoms with Crippen molar-refractivity contribution in [2.24, 2.45) is 0 Å². The van der Waals surface area contributed by atoms with Gasteiger partial charge in [-0.25, -0.2) is 9.37 Å². The number of pyridine rings is 2. The number of hydrogen-bond donors (Lipinski definition) is 2. The molecule has 1 fully saturated rings. The predicted octanol–water partition coefficient (Wildman–Crippen LogP) is 3.02. The van der Waals surface area contributed by atoms with E-state index in [9.17, 15) is 9.59 Å². The largest absolute Gasteiger partial charge is 0.494 e. The molecule has 3 aliphatic heterocycles. The van der Waals surface area contributed by atoms with Crippen LogP contribution in [-0.4, -0.2) is 71.3 Å². The first-order valence-corrected chi connectivity index (χ1v) is 13.2. The zero-order valence-electron chi connectivity index (χ0n) is 20.3. The lowest BCUT2D eigenvalue weighted by Gasteiger charge is -2.39. The van der Waals surface area contributed by atoms with Crippen molar-refractivity contribution in [2.45, 2.75) is 36.2 Å². The van der Waals surface area contributed by atoms with E-state index >= 15 is 4.39 Å². The summed E-state index contributed by atoms with van der Waals surface area (Å²) in [6, 6.07) is 6.99. The van der Waals surface area contributed by atoms with Gasteiger partial charge >= 0.3 is 0 Å². The van der Waals surface area contributed by atoms with E-state index in [0.717, 1.165) is 36.4 Å². The molecule has 0 radical (unpaired) electrons.